The SMILES string of the molecule is CCOC(=O)c1cc(N2CC(C)N(C)C(C)C2)ccc1N. The van der Waals surface area contributed by atoms with Gasteiger partial charge in [0.2, 0.25) is 0 Å². The van der Waals surface area contributed by atoms with E-state index in [9.17, 15) is 4.79 Å². The largest absolute Gasteiger partial charge is 0.462 e. The summed E-state index contributed by atoms with van der Waals surface area (Å²) in [5, 5.41) is 0. The number of piperazine rings is 1. The van der Waals surface area contributed by atoms with E-state index in [4.69, 9.17) is 10.5 Å². The van der Waals surface area contributed by atoms with Crippen molar-refractivity contribution < 1.29 is 9.53 Å². The molecule has 0 spiro atoms. The van der Waals surface area contributed by atoms with Crippen LogP contribution in [0.3, 0.4) is 0 Å². The number of ether oxygens (including phenoxy) is 1. The minimum atomic E-state index is -0.355. The van der Waals surface area contributed by atoms with Gasteiger partial charge in [-0.25, -0.2) is 4.79 Å². The van der Waals surface area contributed by atoms with Crippen molar-refractivity contribution in [2.75, 3.05) is 37.4 Å². The fourth-order valence-electron chi connectivity index (χ4n) is 2.74. The van der Waals surface area contributed by atoms with Crippen molar-refractivity contribution in [1.82, 2.24) is 4.90 Å². The third-order valence-corrected chi connectivity index (χ3v) is 4.26. The number of nitrogen functional groups attached to an aromatic ring is 1. The van der Waals surface area contributed by atoms with E-state index in [1.807, 2.05) is 12.1 Å². The quantitative estimate of drug-likeness (QED) is 0.681. The molecule has 0 radical (unpaired) electrons. The Kier molecular flexibility index (Phi) is 4.73. The molecule has 1 aliphatic rings. The highest BCUT2D eigenvalue weighted by Gasteiger charge is 2.27. The van der Waals surface area contributed by atoms with Crippen LogP contribution < -0.4 is 10.6 Å². The van der Waals surface area contributed by atoms with E-state index in [0.29, 0.717) is 29.9 Å². The van der Waals surface area contributed by atoms with E-state index in [2.05, 4.69) is 30.7 Å². The molecule has 0 aromatic heterocycles. The first-order valence-electron chi connectivity index (χ1n) is 7.47. The highest BCUT2D eigenvalue weighted by atomic mass is 16.5. The molecule has 2 unspecified atom stereocenters. The third kappa shape index (κ3) is 3.29. The molecule has 2 N–H and O–H groups in total. The smallest absolute Gasteiger partial charge is 0.340 e. The molecule has 5 nitrogen and oxygen atoms in total. The molecule has 0 bridgehead atoms. The van der Waals surface area contributed by atoms with Gasteiger partial charge in [0, 0.05) is 36.5 Å². The van der Waals surface area contributed by atoms with Crippen molar-refractivity contribution in [3.05, 3.63) is 23.8 Å². The summed E-state index contributed by atoms with van der Waals surface area (Å²) in [7, 11) is 2.15. The minimum Gasteiger partial charge on any atom is -0.462 e. The second-order valence-electron chi connectivity index (χ2n) is 5.76. The predicted molar refractivity (Wildman–Crippen MR) is 85.7 cm³/mol. The van der Waals surface area contributed by atoms with E-state index in [1.54, 1.807) is 13.0 Å². The van der Waals surface area contributed by atoms with Gasteiger partial charge in [-0.2, -0.15) is 0 Å². The maximum Gasteiger partial charge on any atom is 0.340 e. The summed E-state index contributed by atoms with van der Waals surface area (Å²) in [6.07, 6.45) is 0. The van der Waals surface area contributed by atoms with Gasteiger partial charge < -0.3 is 15.4 Å². The summed E-state index contributed by atoms with van der Waals surface area (Å²) >= 11 is 0. The van der Waals surface area contributed by atoms with Crippen molar-refractivity contribution in [3.8, 4) is 0 Å². The van der Waals surface area contributed by atoms with Crippen LogP contribution in [0.4, 0.5) is 11.4 Å². The zero-order chi connectivity index (χ0) is 15.6. The maximum atomic E-state index is 12.0. The Balaban J connectivity index is 2.24. The first-order valence-corrected chi connectivity index (χ1v) is 7.47. The van der Waals surface area contributed by atoms with E-state index >= 15 is 0 Å². The Morgan fingerprint density at radius 3 is 2.52 bits per heavy atom. The highest BCUT2D eigenvalue weighted by molar-refractivity contribution is 5.96. The van der Waals surface area contributed by atoms with E-state index in [-0.39, 0.29) is 5.97 Å². The lowest BCUT2D eigenvalue weighted by Crippen LogP contribution is -2.55. The summed E-state index contributed by atoms with van der Waals surface area (Å²) in [5.41, 5.74) is 7.84. The fourth-order valence-corrected chi connectivity index (χ4v) is 2.74. The maximum absolute atomic E-state index is 12.0. The number of carbonyl (C=O) groups is 1. The molecule has 21 heavy (non-hydrogen) atoms. The molecule has 1 heterocycles. The zero-order valence-corrected chi connectivity index (χ0v) is 13.3. The molecule has 1 aromatic carbocycles. The Morgan fingerprint density at radius 1 is 1.33 bits per heavy atom. The van der Waals surface area contributed by atoms with Gasteiger partial charge in [0.1, 0.15) is 0 Å². The van der Waals surface area contributed by atoms with Crippen LogP contribution in [0.5, 0.6) is 0 Å². The highest BCUT2D eigenvalue weighted by Crippen LogP contribution is 2.25. The molecule has 1 aliphatic heterocycles. The third-order valence-electron chi connectivity index (χ3n) is 4.26. The van der Waals surface area contributed by atoms with Gasteiger partial charge in [-0.05, 0) is 46.0 Å². The molecular formula is C16H25N3O2. The van der Waals surface area contributed by atoms with Crippen LogP contribution in [0.1, 0.15) is 31.1 Å². The lowest BCUT2D eigenvalue weighted by molar-refractivity contribution is 0.0527. The van der Waals surface area contributed by atoms with Crippen LogP contribution in [0.15, 0.2) is 18.2 Å². The molecule has 0 aliphatic carbocycles. The van der Waals surface area contributed by atoms with Crippen molar-refractivity contribution >= 4 is 17.3 Å². The first-order chi connectivity index (χ1) is 9.93. The summed E-state index contributed by atoms with van der Waals surface area (Å²) in [4.78, 5) is 16.6. The van der Waals surface area contributed by atoms with Crippen LogP contribution in [0.2, 0.25) is 0 Å². The van der Waals surface area contributed by atoms with Crippen LogP contribution in [0, 0.1) is 0 Å². The second-order valence-corrected chi connectivity index (χ2v) is 5.76. The number of rotatable bonds is 3. The number of carbonyl (C=O) groups excluding carboxylic acids is 1. The van der Waals surface area contributed by atoms with Gasteiger partial charge in [0.05, 0.1) is 12.2 Å². The molecule has 1 fully saturated rings. The van der Waals surface area contributed by atoms with E-state index < -0.39 is 0 Å². The van der Waals surface area contributed by atoms with Crippen molar-refractivity contribution in [3.63, 3.8) is 0 Å². The van der Waals surface area contributed by atoms with E-state index in [0.717, 1.165) is 18.8 Å². The minimum absolute atomic E-state index is 0.352. The summed E-state index contributed by atoms with van der Waals surface area (Å²) in [5.74, 6) is -0.355. The lowest BCUT2D eigenvalue weighted by atomic mass is 10.1. The molecule has 1 saturated heterocycles. The normalized spacial score (nSPS) is 23.1. The molecular weight excluding hydrogens is 266 g/mol. The average Bonchev–Trinajstić information content (AvgIpc) is 2.45. The standard InChI is InChI=1S/C16H25N3O2/c1-5-21-16(20)14-8-13(6-7-15(14)17)19-9-11(2)18(4)12(3)10-19/h6-8,11-12H,5,9-10,17H2,1-4H3. The summed E-state index contributed by atoms with van der Waals surface area (Å²) in [6, 6.07) is 6.55. The second kappa shape index (κ2) is 6.35. The van der Waals surface area contributed by atoms with Crippen molar-refractivity contribution in [1.29, 1.82) is 0 Å². The Bertz CT molecular complexity index is 506. The van der Waals surface area contributed by atoms with Crippen LogP contribution in [0.25, 0.3) is 0 Å². The van der Waals surface area contributed by atoms with Gasteiger partial charge in [-0.1, -0.05) is 0 Å². The van der Waals surface area contributed by atoms with Gasteiger partial charge >= 0.3 is 5.97 Å². The lowest BCUT2D eigenvalue weighted by Gasteiger charge is -2.43. The van der Waals surface area contributed by atoms with Crippen molar-refractivity contribution in [2.45, 2.75) is 32.9 Å². The number of nitrogens with two attached hydrogens (primary N) is 1. The summed E-state index contributed by atoms with van der Waals surface area (Å²) < 4.78 is 5.06. The molecule has 1 aromatic rings. The van der Waals surface area contributed by atoms with Gasteiger partial charge in [0.25, 0.3) is 0 Å². The Morgan fingerprint density at radius 2 is 1.95 bits per heavy atom. The number of likely N-dealkylation sites (N-methyl/N-ethyl adjacent to an activating group) is 1. The number of esters is 1. The average molecular weight is 291 g/mol. The molecule has 2 rings (SSSR count). The Labute approximate surface area is 126 Å². The molecule has 2 atom stereocenters. The molecule has 116 valence electrons. The zero-order valence-electron chi connectivity index (χ0n) is 13.3. The first kappa shape index (κ1) is 15.6. The van der Waals surface area contributed by atoms with E-state index in [1.165, 1.54) is 0 Å². The topological polar surface area (TPSA) is 58.8 Å². The fraction of sp³-hybridized carbons (Fsp3) is 0.562. The number of anilines is 2. The number of hydrogen-bond acceptors (Lipinski definition) is 5. The number of nitrogens with zero attached hydrogens (tertiary/aromatic N) is 2. The van der Waals surface area contributed by atoms with Crippen LogP contribution >= 0.6 is 0 Å². The van der Waals surface area contributed by atoms with Crippen LogP contribution in [-0.2, 0) is 4.74 Å². The number of hydrogen-bond donors (Lipinski definition) is 1. The monoisotopic (exact) mass is 291 g/mol. The number of benzene rings is 1. The molecule has 0 amide bonds. The molecule has 5 heteroatoms. The van der Waals surface area contributed by atoms with Crippen LogP contribution in [-0.4, -0.2) is 49.7 Å². The van der Waals surface area contributed by atoms with Gasteiger partial charge in [-0.3, -0.25) is 4.90 Å². The summed E-state index contributed by atoms with van der Waals surface area (Å²) in [6.45, 7) is 8.45. The van der Waals surface area contributed by atoms with Crippen molar-refractivity contribution in [2.24, 2.45) is 0 Å². The Hall–Kier alpha value is -1.75. The van der Waals surface area contributed by atoms with Gasteiger partial charge in [-0.15, -0.1) is 0 Å². The molecule has 0 saturated carbocycles. The predicted octanol–water partition coefficient (Wildman–Crippen LogP) is 1.97. The van der Waals surface area contributed by atoms with Gasteiger partial charge in [0.15, 0.2) is 0 Å².